The molecule has 0 unspecified atom stereocenters. The summed E-state index contributed by atoms with van der Waals surface area (Å²) in [6.45, 7) is 1.36. The number of hydrogen-bond acceptors (Lipinski definition) is 4. The van der Waals surface area contributed by atoms with Gasteiger partial charge in [0, 0.05) is 48.8 Å². The van der Waals surface area contributed by atoms with E-state index in [4.69, 9.17) is 0 Å². The van der Waals surface area contributed by atoms with E-state index >= 15 is 0 Å². The van der Waals surface area contributed by atoms with Gasteiger partial charge in [-0.25, -0.2) is 0 Å². The van der Waals surface area contributed by atoms with Crippen LogP contribution in [-0.2, 0) is 0 Å². The Kier molecular flexibility index (Phi) is 4.09. The first-order valence-electron chi connectivity index (χ1n) is 7.51. The molecular weight excluding hydrogens is 278 g/mol. The van der Waals surface area contributed by atoms with Crippen LogP contribution >= 0.6 is 0 Å². The maximum atomic E-state index is 12.7. The molecule has 1 N–H and O–H groups in total. The molecule has 5 nitrogen and oxygen atoms in total. The summed E-state index contributed by atoms with van der Waals surface area (Å²) in [5, 5.41) is 10.5. The van der Waals surface area contributed by atoms with Gasteiger partial charge in [-0.15, -0.1) is 0 Å². The lowest BCUT2D eigenvalue weighted by atomic mass is 10.0. The molecule has 3 rings (SSSR count). The summed E-state index contributed by atoms with van der Waals surface area (Å²) in [5.41, 5.74) is 1.57. The first-order valence-corrected chi connectivity index (χ1v) is 7.51. The van der Waals surface area contributed by atoms with Crippen molar-refractivity contribution in [2.45, 2.75) is 6.04 Å². The molecule has 1 saturated heterocycles. The van der Waals surface area contributed by atoms with Crippen LogP contribution in [0.15, 0.2) is 36.5 Å². The highest BCUT2D eigenvalue weighted by Gasteiger charge is 2.36. The van der Waals surface area contributed by atoms with E-state index in [-0.39, 0.29) is 24.5 Å². The van der Waals surface area contributed by atoms with Gasteiger partial charge in [0.05, 0.1) is 5.52 Å². The quantitative estimate of drug-likeness (QED) is 0.926. The number of benzene rings is 1. The molecule has 1 aliphatic rings. The molecule has 2 atom stereocenters. The molecule has 5 heteroatoms. The number of pyridine rings is 1. The number of carbonyl (C=O) groups excluding carboxylic acids is 1. The Morgan fingerprint density at radius 2 is 2.18 bits per heavy atom. The molecule has 1 aliphatic heterocycles. The van der Waals surface area contributed by atoms with E-state index in [9.17, 15) is 9.90 Å². The summed E-state index contributed by atoms with van der Waals surface area (Å²) in [6.07, 6.45) is 1.75. The van der Waals surface area contributed by atoms with Gasteiger partial charge in [0.2, 0.25) is 0 Å². The average Bonchev–Trinajstić information content (AvgIpc) is 2.98. The van der Waals surface area contributed by atoms with Gasteiger partial charge >= 0.3 is 0 Å². The number of aliphatic hydroxyl groups is 1. The number of amides is 1. The Hall–Kier alpha value is -1.98. The number of aliphatic hydroxyl groups excluding tert-OH is 1. The maximum absolute atomic E-state index is 12.7. The smallest absolute Gasteiger partial charge is 0.253 e. The van der Waals surface area contributed by atoms with E-state index in [2.05, 4.69) is 9.88 Å². The van der Waals surface area contributed by atoms with Crippen molar-refractivity contribution in [2.75, 3.05) is 33.8 Å². The Morgan fingerprint density at radius 3 is 2.86 bits per heavy atom. The fourth-order valence-corrected chi connectivity index (χ4v) is 3.18. The Balaban J connectivity index is 1.83. The van der Waals surface area contributed by atoms with Crippen LogP contribution in [0, 0.1) is 5.92 Å². The number of fused-ring (bicyclic) bond motifs is 1. The molecule has 1 aromatic heterocycles. The van der Waals surface area contributed by atoms with Crippen molar-refractivity contribution in [3.8, 4) is 0 Å². The molecule has 0 aliphatic carbocycles. The number of likely N-dealkylation sites (tertiary alicyclic amines) is 1. The number of aromatic nitrogens is 1. The van der Waals surface area contributed by atoms with Gasteiger partial charge in [0.25, 0.3) is 5.91 Å². The fourth-order valence-electron chi connectivity index (χ4n) is 3.18. The lowest BCUT2D eigenvalue weighted by Crippen LogP contribution is -2.37. The first-order chi connectivity index (χ1) is 10.6. The highest BCUT2D eigenvalue weighted by molar-refractivity contribution is 5.98. The zero-order valence-electron chi connectivity index (χ0n) is 12.9. The summed E-state index contributed by atoms with van der Waals surface area (Å²) >= 11 is 0. The van der Waals surface area contributed by atoms with Crippen LogP contribution in [0.1, 0.15) is 10.4 Å². The van der Waals surface area contributed by atoms with Gasteiger partial charge in [-0.2, -0.15) is 0 Å². The highest BCUT2D eigenvalue weighted by Crippen LogP contribution is 2.23. The minimum atomic E-state index is 0.0218. The van der Waals surface area contributed by atoms with E-state index in [0.29, 0.717) is 18.7 Å². The lowest BCUT2D eigenvalue weighted by molar-refractivity contribution is 0.0779. The summed E-state index contributed by atoms with van der Waals surface area (Å²) in [5.74, 6) is 0.134. The molecule has 1 fully saturated rings. The van der Waals surface area contributed by atoms with Crippen molar-refractivity contribution < 1.29 is 9.90 Å². The van der Waals surface area contributed by atoms with Crippen LogP contribution in [0.2, 0.25) is 0 Å². The number of rotatable bonds is 3. The average molecular weight is 299 g/mol. The first kappa shape index (κ1) is 14.9. The third-order valence-electron chi connectivity index (χ3n) is 4.44. The predicted molar refractivity (Wildman–Crippen MR) is 85.7 cm³/mol. The Morgan fingerprint density at radius 1 is 1.36 bits per heavy atom. The summed E-state index contributed by atoms with van der Waals surface area (Å²) in [7, 11) is 3.98. The predicted octanol–water partition coefficient (Wildman–Crippen LogP) is 1.23. The molecule has 0 saturated carbocycles. The van der Waals surface area contributed by atoms with Crippen molar-refractivity contribution in [1.82, 2.24) is 14.8 Å². The second-order valence-corrected chi connectivity index (χ2v) is 6.09. The van der Waals surface area contributed by atoms with Crippen LogP contribution in [0.25, 0.3) is 10.9 Å². The minimum absolute atomic E-state index is 0.0218. The van der Waals surface area contributed by atoms with Crippen molar-refractivity contribution in [1.29, 1.82) is 0 Å². The second kappa shape index (κ2) is 6.02. The van der Waals surface area contributed by atoms with Crippen molar-refractivity contribution in [3.05, 3.63) is 42.1 Å². The second-order valence-electron chi connectivity index (χ2n) is 6.09. The normalized spacial score (nSPS) is 21.7. The van der Waals surface area contributed by atoms with E-state index in [1.54, 1.807) is 6.20 Å². The number of carbonyl (C=O) groups is 1. The molecule has 1 amide bonds. The summed E-state index contributed by atoms with van der Waals surface area (Å²) in [6, 6.07) is 9.64. The van der Waals surface area contributed by atoms with Crippen LogP contribution in [0.3, 0.4) is 0 Å². The zero-order chi connectivity index (χ0) is 15.7. The van der Waals surface area contributed by atoms with E-state index in [1.807, 2.05) is 49.3 Å². The Bertz CT molecular complexity index is 686. The molecule has 2 heterocycles. The zero-order valence-corrected chi connectivity index (χ0v) is 12.9. The lowest BCUT2D eigenvalue weighted by Gasteiger charge is -2.23. The third kappa shape index (κ3) is 2.69. The van der Waals surface area contributed by atoms with Crippen LogP contribution in [0.4, 0.5) is 0 Å². The van der Waals surface area contributed by atoms with E-state index < -0.39 is 0 Å². The molecule has 0 spiro atoms. The number of nitrogens with zero attached hydrogens (tertiary/aromatic N) is 3. The van der Waals surface area contributed by atoms with Gasteiger partial charge in [-0.05, 0) is 38.4 Å². The standard InChI is InChI=1S/C17H21N3O2/c1-19(2)16-10-20(9-14(16)11-21)17(22)13-5-6-15-12(8-13)4-3-7-18-15/h3-8,14,16,21H,9-11H2,1-2H3/t14-,16+/m0/s1. The number of hydrogen-bond donors (Lipinski definition) is 1. The van der Waals surface area contributed by atoms with Crippen molar-refractivity contribution >= 4 is 16.8 Å². The molecule has 22 heavy (non-hydrogen) atoms. The third-order valence-corrected chi connectivity index (χ3v) is 4.44. The van der Waals surface area contributed by atoms with Gasteiger partial charge in [-0.3, -0.25) is 9.78 Å². The summed E-state index contributed by atoms with van der Waals surface area (Å²) < 4.78 is 0. The summed E-state index contributed by atoms with van der Waals surface area (Å²) in [4.78, 5) is 20.9. The molecule has 116 valence electrons. The largest absolute Gasteiger partial charge is 0.396 e. The van der Waals surface area contributed by atoms with Gasteiger partial charge in [-0.1, -0.05) is 6.07 Å². The van der Waals surface area contributed by atoms with E-state index in [1.165, 1.54) is 0 Å². The number of likely N-dealkylation sites (N-methyl/N-ethyl adjacent to an activating group) is 1. The van der Waals surface area contributed by atoms with Gasteiger partial charge in [0.1, 0.15) is 0 Å². The molecule has 0 radical (unpaired) electrons. The van der Waals surface area contributed by atoms with Crippen molar-refractivity contribution in [2.24, 2.45) is 5.92 Å². The van der Waals surface area contributed by atoms with Gasteiger partial charge in [0.15, 0.2) is 0 Å². The maximum Gasteiger partial charge on any atom is 0.253 e. The highest BCUT2D eigenvalue weighted by atomic mass is 16.3. The van der Waals surface area contributed by atoms with Crippen LogP contribution in [-0.4, -0.2) is 65.6 Å². The van der Waals surface area contributed by atoms with Crippen LogP contribution in [0.5, 0.6) is 0 Å². The monoisotopic (exact) mass is 299 g/mol. The molecule has 1 aromatic carbocycles. The SMILES string of the molecule is CN(C)[C@@H]1CN(C(=O)c2ccc3ncccc3c2)C[C@H]1CO. The topological polar surface area (TPSA) is 56.7 Å². The van der Waals surface area contributed by atoms with Crippen LogP contribution < -0.4 is 0 Å². The fraction of sp³-hybridized carbons (Fsp3) is 0.412. The molecule has 0 bridgehead atoms. The van der Waals surface area contributed by atoms with Gasteiger partial charge < -0.3 is 14.9 Å². The van der Waals surface area contributed by atoms with Crippen molar-refractivity contribution in [3.63, 3.8) is 0 Å². The van der Waals surface area contributed by atoms with E-state index in [0.717, 1.165) is 10.9 Å². The minimum Gasteiger partial charge on any atom is -0.396 e. The molecule has 2 aromatic rings. The Labute approximate surface area is 130 Å². The molecular formula is C17H21N3O2.